The first kappa shape index (κ1) is 32.1. The Bertz CT molecular complexity index is 1140. The molecule has 0 aliphatic rings. The lowest BCUT2D eigenvalue weighted by molar-refractivity contribution is -0.142. The van der Waals surface area contributed by atoms with Gasteiger partial charge in [0.2, 0.25) is 23.6 Å². The predicted molar refractivity (Wildman–Crippen MR) is 147 cm³/mol. The molecule has 14 nitrogen and oxygen atoms in total. The number of aromatic amines is 1. The van der Waals surface area contributed by atoms with Gasteiger partial charge >= 0.3 is 5.97 Å². The van der Waals surface area contributed by atoms with Gasteiger partial charge in [-0.3, -0.25) is 19.2 Å². The van der Waals surface area contributed by atoms with Gasteiger partial charge in [0.25, 0.3) is 0 Å². The van der Waals surface area contributed by atoms with E-state index in [1.54, 1.807) is 6.26 Å². The number of phenols is 1. The lowest BCUT2D eigenvalue weighted by Gasteiger charge is -2.25. The highest BCUT2D eigenvalue weighted by molar-refractivity contribution is 7.98. The van der Waals surface area contributed by atoms with Gasteiger partial charge in [-0.25, -0.2) is 9.78 Å². The summed E-state index contributed by atoms with van der Waals surface area (Å²) in [6.07, 6.45) is 4.61. The normalized spacial score (nSPS) is 13.8. The van der Waals surface area contributed by atoms with Gasteiger partial charge in [0.1, 0.15) is 23.9 Å². The third-order valence-corrected chi connectivity index (χ3v) is 6.52. The third-order valence-electron chi connectivity index (χ3n) is 5.88. The fourth-order valence-electron chi connectivity index (χ4n) is 3.68. The van der Waals surface area contributed by atoms with E-state index in [2.05, 4.69) is 25.9 Å². The maximum absolute atomic E-state index is 13.2. The number of carbonyl (C=O) groups excluding carboxylic acids is 4. The summed E-state index contributed by atoms with van der Waals surface area (Å²) in [5.74, 6) is -3.65. The number of nitrogens with two attached hydrogens (primary N) is 2. The number of carboxylic acids is 1. The number of aromatic hydroxyl groups is 1. The molecule has 2 aromatic rings. The molecule has 1 aromatic carbocycles. The highest BCUT2D eigenvalue weighted by Gasteiger charge is 2.30. The molecule has 4 amide bonds. The Morgan fingerprint density at radius 2 is 1.55 bits per heavy atom. The SMILES string of the molecule is CSCCC(NC(=O)C(CCC(N)=O)NC(=O)C(N)Cc1cnc[nH]1)C(=O)NC(Cc1ccc(O)cc1)C(=O)O. The Kier molecular flexibility index (Phi) is 12.9. The number of H-pyrrole nitrogens is 1. The summed E-state index contributed by atoms with van der Waals surface area (Å²) in [7, 11) is 0. The average Bonchev–Trinajstić information content (AvgIpc) is 3.42. The molecule has 4 unspecified atom stereocenters. The minimum absolute atomic E-state index is 0.0137. The van der Waals surface area contributed by atoms with Crippen LogP contribution >= 0.6 is 11.8 Å². The number of hydrogen-bond acceptors (Lipinski definition) is 9. The summed E-state index contributed by atoms with van der Waals surface area (Å²) in [6.45, 7) is 0. The number of aromatic nitrogens is 2. The molecule has 15 heteroatoms. The van der Waals surface area contributed by atoms with Crippen molar-refractivity contribution >= 4 is 41.4 Å². The van der Waals surface area contributed by atoms with Gasteiger partial charge < -0.3 is 42.6 Å². The summed E-state index contributed by atoms with van der Waals surface area (Å²) < 4.78 is 0. The lowest BCUT2D eigenvalue weighted by atomic mass is 10.0. The molecule has 0 bridgehead atoms. The number of nitrogens with one attached hydrogen (secondary N) is 4. The fraction of sp³-hybridized carbons (Fsp3) is 0.440. The average molecular weight is 578 g/mol. The molecule has 0 radical (unpaired) electrons. The Balaban J connectivity index is 2.13. The van der Waals surface area contributed by atoms with Gasteiger partial charge in [0, 0.05) is 31.2 Å². The number of primary amides is 1. The van der Waals surface area contributed by atoms with Crippen molar-refractivity contribution in [1.82, 2.24) is 25.9 Å². The quantitative estimate of drug-likeness (QED) is 0.111. The Morgan fingerprint density at radius 1 is 0.950 bits per heavy atom. The standard InChI is InChI=1S/C25H35N7O7S/c1-40-9-8-19(24(37)32-20(25(38)39)10-14-2-4-16(33)5-3-14)31-23(36)18(6-7-21(27)34)30-22(35)17(26)11-15-12-28-13-29-15/h2-5,12-13,17-20,33H,6-11,26H2,1H3,(H2,27,34)(H,28,29)(H,30,35)(H,31,36)(H,32,37)(H,38,39). The van der Waals surface area contributed by atoms with Crippen LogP contribution in [0.15, 0.2) is 36.8 Å². The molecule has 40 heavy (non-hydrogen) atoms. The predicted octanol–water partition coefficient (Wildman–Crippen LogP) is -1.21. The van der Waals surface area contributed by atoms with Crippen LogP contribution in [-0.2, 0) is 36.8 Å². The molecule has 0 saturated heterocycles. The second-order valence-electron chi connectivity index (χ2n) is 9.07. The maximum atomic E-state index is 13.2. The topological polar surface area (TPSA) is 243 Å². The molecular weight excluding hydrogens is 542 g/mol. The van der Waals surface area contributed by atoms with Crippen LogP contribution in [0.5, 0.6) is 5.75 Å². The largest absolute Gasteiger partial charge is 0.508 e. The van der Waals surface area contributed by atoms with Crippen LogP contribution in [0.4, 0.5) is 0 Å². The number of hydrogen-bond donors (Lipinski definition) is 8. The smallest absolute Gasteiger partial charge is 0.326 e. The lowest BCUT2D eigenvalue weighted by Crippen LogP contribution is -2.57. The monoisotopic (exact) mass is 577 g/mol. The molecule has 0 spiro atoms. The van der Waals surface area contributed by atoms with Gasteiger partial charge in [-0.2, -0.15) is 11.8 Å². The number of nitrogens with zero attached hydrogens (tertiary/aromatic N) is 1. The zero-order valence-corrected chi connectivity index (χ0v) is 22.8. The van der Waals surface area contributed by atoms with Crippen LogP contribution in [0.1, 0.15) is 30.5 Å². The van der Waals surface area contributed by atoms with E-state index >= 15 is 0 Å². The zero-order chi connectivity index (χ0) is 29.7. The van der Waals surface area contributed by atoms with Crippen molar-refractivity contribution in [3.05, 3.63) is 48.0 Å². The minimum atomic E-state index is -1.31. The Morgan fingerprint density at radius 3 is 2.10 bits per heavy atom. The number of carboxylic acid groups (broad SMARTS) is 1. The van der Waals surface area contributed by atoms with Gasteiger partial charge in [0.05, 0.1) is 12.4 Å². The number of phenolic OH excluding ortho intramolecular Hbond substituents is 1. The van der Waals surface area contributed by atoms with Crippen molar-refractivity contribution < 1.29 is 34.2 Å². The Hall–Kier alpha value is -4.11. The molecule has 4 atom stereocenters. The van der Waals surface area contributed by atoms with Crippen LogP contribution in [0.2, 0.25) is 0 Å². The van der Waals surface area contributed by atoms with Crippen LogP contribution in [0.25, 0.3) is 0 Å². The molecule has 0 fully saturated rings. The summed E-state index contributed by atoms with van der Waals surface area (Å²) in [5.41, 5.74) is 12.4. The van der Waals surface area contributed by atoms with Crippen LogP contribution < -0.4 is 27.4 Å². The van der Waals surface area contributed by atoms with Gasteiger partial charge in [0.15, 0.2) is 0 Å². The molecule has 1 heterocycles. The van der Waals surface area contributed by atoms with Crippen LogP contribution in [0.3, 0.4) is 0 Å². The first-order valence-corrected chi connectivity index (χ1v) is 13.8. The highest BCUT2D eigenvalue weighted by atomic mass is 32.2. The second kappa shape index (κ2) is 16.1. The molecule has 2 rings (SSSR count). The van der Waals surface area contributed by atoms with Crippen LogP contribution in [0, 0.1) is 0 Å². The summed E-state index contributed by atoms with van der Waals surface area (Å²) in [5, 5.41) is 26.6. The summed E-state index contributed by atoms with van der Waals surface area (Å²) in [6, 6.07) is 1.17. The van der Waals surface area contributed by atoms with E-state index in [1.807, 2.05) is 0 Å². The summed E-state index contributed by atoms with van der Waals surface area (Å²) >= 11 is 1.42. The number of amides is 4. The zero-order valence-electron chi connectivity index (χ0n) is 22.0. The number of aliphatic carboxylic acids is 1. The summed E-state index contributed by atoms with van der Waals surface area (Å²) in [4.78, 5) is 68.9. The van der Waals surface area contributed by atoms with Gasteiger partial charge in [-0.15, -0.1) is 0 Å². The van der Waals surface area contributed by atoms with Crippen molar-refractivity contribution in [1.29, 1.82) is 0 Å². The van der Waals surface area contributed by atoms with E-state index in [0.717, 1.165) is 0 Å². The minimum Gasteiger partial charge on any atom is -0.508 e. The molecule has 0 aliphatic carbocycles. The second-order valence-corrected chi connectivity index (χ2v) is 10.1. The third kappa shape index (κ3) is 10.9. The maximum Gasteiger partial charge on any atom is 0.326 e. The fourth-order valence-corrected chi connectivity index (χ4v) is 4.15. The van der Waals surface area contributed by atoms with E-state index in [4.69, 9.17) is 11.5 Å². The number of carbonyl (C=O) groups is 5. The van der Waals surface area contributed by atoms with Gasteiger partial charge in [-0.1, -0.05) is 12.1 Å². The van der Waals surface area contributed by atoms with E-state index in [-0.39, 0.29) is 37.9 Å². The van der Waals surface area contributed by atoms with E-state index < -0.39 is 53.8 Å². The Labute approximate surface area is 235 Å². The molecular formula is C25H35N7O7S. The van der Waals surface area contributed by atoms with Crippen molar-refractivity contribution in [2.24, 2.45) is 11.5 Å². The number of imidazole rings is 1. The highest BCUT2D eigenvalue weighted by Crippen LogP contribution is 2.12. The van der Waals surface area contributed by atoms with E-state index in [1.165, 1.54) is 48.6 Å². The van der Waals surface area contributed by atoms with Gasteiger partial charge in [-0.05, 0) is 42.5 Å². The number of benzene rings is 1. The molecule has 1 aromatic heterocycles. The molecule has 0 saturated carbocycles. The number of thioether (sulfide) groups is 1. The van der Waals surface area contributed by atoms with Crippen molar-refractivity contribution in [3.8, 4) is 5.75 Å². The van der Waals surface area contributed by atoms with Crippen LogP contribution in [-0.4, -0.2) is 86.0 Å². The number of rotatable bonds is 17. The molecule has 0 aliphatic heterocycles. The molecule has 218 valence electrons. The van der Waals surface area contributed by atoms with Crippen molar-refractivity contribution in [3.63, 3.8) is 0 Å². The molecule has 10 N–H and O–H groups in total. The first-order valence-electron chi connectivity index (χ1n) is 12.4. The van der Waals surface area contributed by atoms with Crippen molar-refractivity contribution in [2.75, 3.05) is 12.0 Å². The first-order chi connectivity index (χ1) is 19.0. The van der Waals surface area contributed by atoms with Crippen molar-refractivity contribution in [2.45, 2.75) is 56.3 Å². The van der Waals surface area contributed by atoms with E-state index in [0.29, 0.717) is 17.0 Å². The van der Waals surface area contributed by atoms with E-state index in [9.17, 15) is 34.2 Å².